The molecule has 0 radical (unpaired) electrons. The number of anilines is 1. The number of nitrogens with one attached hydrogen (secondary N) is 2. The van der Waals surface area contributed by atoms with Crippen LogP contribution in [0.4, 0.5) is 5.69 Å². The molecule has 0 aromatic heterocycles. The smallest absolute Gasteiger partial charge is 0.226 e. The molecule has 0 fully saturated rings. The summed E-state index contributed by atoms with van der Waals surface area (Å²) in [6.45, 7) is 8.04. The number of ether oxygens (including phenoxy) is 2. The van der Waals surface area contributed by atoms with Gasteiger partial charge < -0.3 is 20.1 Å². The third kappa shape index (κ3) is 7.11. The van der Waals surface area contributed by atoms with Crippen LogP contribution in [0.3, 0.4) is 0 Å². The summed E-state index contributed by atoms with van der Waals surface area (Å²) in [7, 11) is 1.58. The summed E-state index contributed by atoms with van der Waals surface area (Å²) in [5.41, 5.74) is 1.78. The Hall–Kier alpha value is -1.59. The summed E-state index contributed by atoms with van der Waals surface area (Å²) >= 11 is 0. The van der Waals surface area contributed by atoms with Crippen molar-refractivity contribution >= 4 is 11.6 Å². The first kappa shape index (κ1) is 17.5. The van der Waals surface area contributed by atoms with E-state index in [9.17, 15) is 4.79 Å². The molecule has 21 heavy (non-hydrogen) atoms. The van der Waals surface area contributed by atoms with Gasteiger partial charge in [-0.25, -0.2) is 0 Å². The number of methoxy groups -OCH3 is 1. The second kappa shape index (κ2) is 9.37. The van der Waals surface area contributed by atoms with E-state index in [0.29, 0.717) is 25.7 Å². The lowest BCUT2D eigenvalue weighted by Crippen LogP contribution is -2.27. The average molecular weight is 294 g/mol. The highest BCUT2D eigenvalue weighted by Crippen LogP contribution is 2.21. The lowest BCUT2D eigenvalue weighted by Gasteiger charge is -2.13. The molecule has 0 spiro atoms. The maximum Gasteiger partial charge on any atom is 0.226 e. The summed E-state index contributed by atoms with van der Waals surface area (Å²) in [5.74, 6) is 0.793. The Morgan fingerprint density at radius 1 is 1.29 bits per heavy atom. The van der Waals surface area contributed by atoms with Gasteiger partial charge in [-0.1, -0.05) is 13.8 Å². The minimum Gasteiger partial charge on any atom is -0.492 e. The SMILES string of the molecule is COCCC(=O)Nc1ccc(OCCNC(C)C)c(C)c1. The van der Waals surface area contributed by atoms with Gasteiger partial charge in [0.1, 0.15) is 12.4 Å². The van der Waals surface area contributed by atoms with Crippen molar-refractivity contribution in [2.24, 2.45) is 0 Å². The Morgan fingerprint density at radius 2 is 2.05 bits per heavy atom. The van der Waals surface area contributed by atoms with Crippen molar-refractivity contribution in [1.82, 2.24) is 5.32 Å². The lowest BCUT2D eigenvalue weighted by molar-refractivity contribution is -0.117. The molecule has 0 atom stereocenters. The molecule has 1 amide bonds. The summed E-state index contributed by atoms with van der Waals surface area (Å²) in [5, 5.41) is 6.14. The topological polar surface area (TPSA) is 59.6 Å². The first-order valence-electron chi connectivity index (χ1n) is 7.28. The van der Waals surface area contributed by atoms with Gasteiger partial charge in [-0.15, -0.1) is 0 Å². The Kier molecular flexibility index (Phi) is 7.79. The number of benzene rings is 1. The molecule has 0 saturated carbocycles. The molecule has 5 heteroatoms. The maximum atomic E-state index is 11.6. The normalized spacial score (nSPS) is 10.7. The zero-order chi connectivity index (χ0) is 15.7. The highest BCUT2D eigenvalue weighted by atomic mass is 16.5. The first-order valence-corrected chi connectivity index (χ1v) is 7.28. The van der Waals surface area contributed by atoms with Crippen LogP contribution in [0.15, 0.2) is 18.2 Å². The van der Waals surface area contributed by atoms with Crippen LogP contribution in [-0.2, 0) is 9.53 Å². The van der Waals surface area contributed by atoms with Gasteiger partial charge in [-0.2, -0.15) is 0 Å². The monoisotopic (exact) mass is 294 g/mol. The molecule has 0 aliphatic carbocycles. The van der Waals surface area contributed by atoms with E-state index >= 15 is 0 Å². The Labute approximate surface area is 127 Å². The first-order chi connectivity index (χ1) is 10.0. The molecule has 0 saturated heterocycles. The Morgan fingerprint density at radius 3 is 2.67 bits per heavy atom. The summed E-state index contributed by atoms with van der Waals surface area (Å²) in [6.07, 6.45) is 0.356. The molecular weight excluding hydrogens is 268 g/mol. The van der Waals surface area contributed by atoms with Gasteiger partial charge in [-0.3, -0.25) is 4.79 Å². The van der Waals surface area contributed by atoms with Gasteiger partial charge in [0, 0.05) is 25.4 Å². The molecule has 5 nitrogen and oxygen atoms in total. The van der Waals surface area contributed by atoms with Gasteiger partial charge in [0.2, 0.25) is 5.91 Å². The van der Waals surface area contributed by atoms with E-state index in [4.69, 9.17) is 9.47 Å². The molecule has 0 unspecified atom stereocenters. The predicted molar refractivity (Wildman–Crippen MR) is 84.9 cm³/mol. The van der Waals surface area contributed by atoms with Gasteiger partial charge >= 0.3 is 0 Å². The van der Waals surface area contributed by atoms with Crippen LogP contribution in [0.25, 0.3) is 0 Å². The molecule has 1 aromatic rings. The largest absolute Gasteiger partial charge is 0.492 e. The number of hydrogen-bond acceptors (Lipinski definition) is 4. The third-order valence-corrected chi connectivity index (χ3v) is 2.90. The van der Waals surface area contributed by atoms with Crippen molar-refractivity contribution in [2.75, 3.05) is 32.2 Å². The van der Waals surface area contributed by atoms with Crippen molar-refractivity contribution < 1.29 is 14.3 Å². The molecule has 118 valence electrons. The predicted octanol–water partition coefficient (Wildman–Crippen LogP) is 2.35. The third-order valence-electron chi connectivity index (χ3n) is 2.90. The number of carbonyl (C=O) groups excluding carboxylic acids is 1. The lowest BCUT2D eigenvalue weighted by atomic mass is 10.2. The van der Waals surface area contributed by atoms with E-state index in [-0.39, 0.29) is 5.91 Å². The molecule has 1 aromatic carbocycles. The second-order valence-corrected chi connectivity index (χ2v) is 5.23. The molecule has 0 bridgehead atoms. The highest BCUT2D eigenvalue weighted by Gasteiger charge is 2.05. The van der Waals surface area contributed by atoms with Crippen LogP contribution in [0.5, 0.6) is 5.75 Å². The minimum absolute atomic E-state index is 0.0500. The number of aryl methyl sites for hydroxylation is 1. The van der Waals surface area contributed by atoms with Gasteiger partial charge in [0.15, 0.2) is 0 Å². The van der Waals surface area contributed by atoms with Crippen LogP contribution in [-0.4, -0.2) is 38.8 Å². The molecule has 0 heterocycles. The van der Waals surface area contributed by atoms with Crippen LogP contribution in [0.2, 0.25) is 0 Å². The molecule has 0 aliphatic heterocycles. The number of rotatable bonds is 9. The van der Waals surface area contributed by atoms with Gasteiger partial charge in [-0.05, 0) is 30.7 Å². The van der Waals surface area contributed by atoms with E-state index in [1.54, 1.807) is 7.11 Å². The van der Waals surface area contributed by atoms with E-state index in [2.05, 4.69) is 24.5 Å². The van der Waals surface area contributed by atoms with Crippen molar-refractivity contribution in [3.05, 3.63) is 23.8 Å². The molecular formula is C16H26N2O3. The maximum absolute atomic E-state index is 11.6. The zero-order valence-corrected chi connectivity index (χ0v) is 13.4. The second-order valence-electron chi connectivity index (χ2n) is 5.23. The Balaban J connectivity index is 2.46. The minimum atomic E-state index is -0.0500. The summed E-state index contributed by atoms with van der Waals surface area (Å²) < 4.78 is 10.6. The van der Waals surface area contributed by atoms with Crippen LogP contribution >= 0.6 is 0 Å². The van der Waals surface area contributed by atoms with Gasteiger partial charge in [0.05, 0.1) is 13.0 Å². The summed E-state index contributed by atoms with van der Waals surface area (Å²) in [4.78, 5) is 11.6. The number of carbonyl (C=O) groups is 1. The zero-order valence-electron chi connectivity index (χ0n) is 13.4. The van der Waals surface area contributed by atoms with Crippen molar-refractivity contribution in [2.45, 2.75) is 33.2 Å². The highest BCUT2D eigenvalue weighted by molar-refractivity contribution is 5.90. The van der Waals surface area contributed by atoms with E-state index in [1.807, 2.05) is 25.1 Å². The molecule has 2 N–H and O–H groups in total. The fraction of sp³-hybridized carbons (Fsp3) is 0.562. The molecule has 0 aliphatic rings. The van der Waals surface area contributed by atoms with Crippen molar-refractivity contribution in [3.8, 4) is 5.75 Å². The Bertz CT molecular complexity index is 447. The molecule has 1 rings (SSSR count). The van der Waals surface area contributed by atoms with Gasteiger partial charge in [0.25, 0.3) is 0 Å². The summed E-state index contributed by atoms with van der Waals surface area (Å²) in [6, 6.07) is 6.11. The van der Waals surface area contributed by atoms with E-state index in [1.165, 1.54) is 0 Å². The van der Waals surface area contributed by atoms with E-state index < -0.39 is 0 Å². The fourth-order valence-electron chi connectivity index (χ4n) is 1.82. The van der Waals surface area contributed by atoms with Crippen LogP contribution in [0, 0.1) is 6.92 Å². The van der Waals surface area contributed by atoms with Crippen molar-refractivity contribution in [3.63, 3.8) is 0 Å². The number of hydrogen-bond donors (Lipinski definition) is 2. The van der Waals surface area contributed by atoms with E-state index in [0.717, 1.165) is 23.5 Å². The van der Waals surface area contributed by atoms with Crippen LogP contribution in [0.1, 0.15) is 25.8 Å². The average Bonchev–Trinajstić information content (AvgIpc) is 2.43. The number of amides is 1. The quantitative estimate of drug-likeness (QED) is 0.686. The van der Waals surface area contributed by atoms with Crippen LogP contribution < -0.4 is 15.4 Å². The standard InChI is InChI=1S/C16H26N2O3/c1-12(2)17-8-10-21-15-6-5-14(11-13(15)3)18-16(19)7-9-20-4/h5-6,11-12,17H,7-10H2,1-4H3,(H,18,19). The fourth-order valence-corrected chi connectivity index (χ4v) is 1.82. The van der Waals surface area contributed by atoms with Crippen molar-refractivity contribution in [1.29, 1.82) is 0 Å².